The largest absolute Gasteiger partial charge is 0.497 e. The number of allylic oxidation sites excluding steroid dienone is 1. The Labute approximate surface area is 125 Å². The van der Waals surface area contributed by atoms with Crippen LogP contribution in [0.1, 0.15) is 42.6 Å². The summed E-state index contributed by atoms with van der Waals surface area (Å²) in [5.74, 6) is -0.195. The molecule has 0 saturated heterocycles. The number of methoxy groups -OCH3 is 1. The third-order valence-electron chi connectivity index (χ3n) is 3.57. The van der Waals surface area contributed by atoms with Gasteiger partial charge in [0.1, 0.15) is 5.75 Å². The minimum atomic E-state index is -0.445. The molecule has 2 rings (SSSR count). The van der Waals surface area contributed by atoms with E-state index in [2.05, 4.69) is 18.7 Å². The fourth-order valence-corrected chi connectivity index (χ4v) is 2.61. The summed E-state index contributed by atoms with van der Waals surface area (Å²) < 4.78 is 5.25. The van der Waals surface area contributed by atoms with Gasteiger partial charge >= 0.3 is 0 Å². The standard InChI is InChI=1S/C17H21NO3/c1-4-8-18(9-5-2)15-11-16(19)17(20)13-7-6-12(21-3)10-14(13)15/h6-7,10-11H,4-5,8-9H2,1-3H3. The number of ether oxygens (including phenoxy) is 1. The number of carbonyl (C=O) groups excluding carboxylic acids is 2. The van der Waals surface area contributed by atoms with Crippen molar-refractivity contribution < 1.29 is 14.3 Å². The van der Waals surface area contributed by atoms with Crippen LogP contribution >= 0.6 is 0 Å². The molecule has 0 aromatic heterocycles. The highest BCUT2D eigenvalue weighted by atomic mass is 16.5. The lowest BCUT2D eigenvalue weighted by Crippen LogP contribution is -2.29. The molecule has 112 valence electrons. The maximum atomic E-state index is 12.0. The van der Waals surface area contributed by atoms with Crippen LogP contribution in [-0.4, -0.2) is 36.7 Å². The SMILES string of the molecule is CCCN(CCC)C1=CC(=O)C(=O)c2ccc(OC)cc21. The Hall–Kier alpha value is -2.10. The average molecular weight is 287 g/mol. The molecule has 1 aromatic carbocycles. The van der Waals surface area contributed by atoms with E-state index in [0.717, 1.165) is 37.2 Å². The Balaban J connectivity index is 2.52. The number of benzene rings is 1. The summed E-state index contributed by atoms with van der Waals surface area (Å²) in [4.78, 5) is 26.2. The molecule has 1 aliphatic carbocycles. The molecule has 0 amide bonds. The van der Waals surface area contributed by atoms with Gasteiger partial charge in [-0.05, 0) is 31.0 Å². The van der Waals surface area contributed by atoms with Crippen molar-refractivity contribution in [3.63, 3.8) is 0 Å². The van der Waals surface area contributed by atoms with Crippen molar-refractivity contribution in [2.45, 2.75) is 26.7 Å². The van der Waals surface area contributed by atoms with Crippen LogP contribution in [0.2, 0.25) is 0 Å². The van der Waals surface area contributed by atoms with Gasteiger partial charge in [0.05, 0.1) is 7.11 Å². The Bertz CT molecular complexity index is 584. The van der Waals surface area contributed by atoms with Crippen molar-refractivity contribution in [3.8, 4) is 5.75 Å². The minimum absolute atomic E-state index is 0.440. The second-order valence-electron chi connectivity index (χ2n) is 5.12. The molecule has 0 bridgehead atoms. The van der Waals surface area contributed by atoms with Crippen molar-refractivity contribution in [2.24, 2.45) is 0 Å². The number of rotatable bonds is 6. The van der Waals surface area contributed by atoms with Gasteiger partial charge in [-0.3, -0.25) is 9.59 Å². The first kappa shape index (κ1) is 15.3. The molecular formula is C17H21NO3. The summed E-state index contributed by atoms with van der Waals surface area (Å²) >= 11 is 0. The van der Waals surface area contributed by atoms with Crippen LogP contribution in [0.15, 0.2) is 24.3 Å². The molecule has 0 fully saturated rings. The summed E-state index contributed by atoms with van der Waals surface area (Å²) in [6.07, 6.45) is 3.44. The number of fused-ring (bicyclic) bond motifs is 1. The van der Waals surface area contributed by atoms with Crippen molar-refractivity contribution in [1.82, 2.24) is 4.90 Å². The third kappa shape index (κ3) is 2.99. The van der Waals surface area contributed by atoms with Gasteiger partial charge in [-0.1, -0.05) is 13.8 Å². The van der Waals surface area contributed by atoms with Crippen LogP contribution in [0.3, 0.4) is 0 Å². The van der Waals surface area contributed by atoms with Crippen molar-refractivity contribution in [1.29, 1.82) is 0 Å². The molecular weight excluding hydrogens is 266 g/mol. The lowest BCUT2D eigenvalue weighted by Gasteiger charge is -2.29. The number of Topliss-reactive ketones (excluding diaryl/α,β-unsaturated/α-hetero) is 1. The van der Waals surface area contributed by atoms with Crippen LogP contribution in [-0.2, 0) is 4.79 Å². The summed E-state index contributed by atoms with van der Waals surface area (Å²) in [6, 6.07) is 5.23. The zero-order valence-corrected chi connectivity index (χ0v) is 12.8. The van der Waals surface area contributed by atoms with Crippen LogP contribution in [0, 0.1) is 0 Å². The predicted octanol–water partition coefficient (Wildman–Crippen LogP) is 2.92. The Morgan fingerprint density at radius 2 is 1.71 bits per heavy atom. The number of hydrogen-bond donors (Lipinski definition) is 0. The Morgan fingerprint density at radius 3 is 2.29 bits per heavy atom. The number of hydrogen-bond acceptors (Lipinski definition) is 4. The molecule has 0 saturated carbocycles. The molecule has 0 aliphatic heterocycles. The van der Waals surface area contributed by atoms with E-state index < -0.39 is 11.6 Å². The highest BCUT2D eigenvalue weighted by molar-refractivity contribution is 6.50. The number of carbonyl (C=O) groups is 2. The highest BCUT2D eigenvalue weighted by Gasteiger charge is 2.28. The molecule has 21 heavy (non-hydrogen) atoms. The lowest BCUT2D eigenvalue weighted by atomic mass is 9.91. The molecule has 0 heterocycles. The molecule has 0 spiro atoms. The van der Waals surface area contributed by atoms with E-state index >= 15 is 0 Å². The molecule has 0 radical (unpaired) electrons. The van der Waals surface area contributed by atoms with Crippen molar-refractivity contribution in [2.75, 3.05) is 20.2 Å². The summed E-state index contributed by atoms with van der Waals surface area (Å²) in [5, 5.41) is 0. The smallest absolute Gasteiger partial charge is 0.233 e. The van der Waals surface area contributed by atoms with Gasteiger partial charge in [-0.15, -0.1) is 0 Å². The first-order chi connectivity index (χ1) is 10.1. The first-order valence-electron chi connectivity index (χ1n) is 7.36. The molecule has 4 heteroatoms. The van der Waals surface area contributed by atoms with Gasteiger partial charge in [0.2, 0.25) is 11.6 Å². The van der Waals surface area contributed by atoms with Gasteiger partial charge in [0.15, 0.2) is 0 Å². The second kappa shape index (κ2) is 6.57. The van der Waals surface area contributed by atoms with E-state index in [1.165, 1.54) is 6.08 Å². The zero-order valence-electron chi connectivity index (χ0n) is 12.8. The maximum absolute atomic E-state index is 12.0. The molecule has 4 nitrogen and oxygen atoms in total. The highest BCUT2D eigenvalue weighted by Crippen LogP contribution is 2.31. The van der Waals surface area contributed by atoms with Crippen molar-refractivity contribution in [3.05, 3.63) is 35.4 Å². The van der Waals surface area contributed by atoms with E-state index in [1.54, 1.807) is 19.2 Å². The predicted molar refractivity (Wildman–Crippen MR) is 82.5 cm³/mol. The monoisotopic (exact) mass is 287 g/mol. The quantitative estimate of drug-likeness (QED) is 0.755. The van der Waals surface area contributed by atoms with Crippen LogP contribution in [0.25, 0.3) is 5.70 Å². The van der Waals surface area contributed by atoms with E-state index in [9.17, 15) is 9.59 Å². The fraction of sp³-hybridized carbons (Fsp3) is 0.412. The molecule has 0 unspecified atom stereocenters. The zero-order chi connectivity index (χ0) is 15.4. The Morgan fingerprint density at radius 1 is 1.05 bits per heavy atom. The summed E-state index contributed by atoms with van der Waals surface area (Å²) in [7, 11) is 1.59. The second-order valence-corrected chi connectivity index (χ2v) is 5.12. The first-order valence-corrected chi connectivity index (χ1v) is 7.36. The van der Waals surface area contributed by atoms with Crippen LogP contribution in [0.5, 0.6) is 5.75 Å². The molecule has 0 N–H and O–H groups in total. The van der Waals surface area contributed by atoms with Gasteiger partial charge in [0.25, 0.3) is 0 Å². The summed E-state index contributed by atoms with van der Waals surface area (Å²) in [6.45, 7) is 5.92. The normalized spacial score (nSPS) is 13.8. The number of nitrogens with zero attached hydrogens (tertiary/aromatic N) is 1. The fourth-order valence-electron chi connectivity index (χ4n) is 2.61. The van der Waals surface area contributed by atoms with Gasteiger partial charge in [0, 0.05) is 36.0 Å². The van der Waals surface area contributed by atoms with Crippen LogP contribution < -0.4 is 4.74 Å². The third-order valence-corrected chi connectivity index (χ3v) is 3.57. The van der Waals surface area contributed by atoms with E-state index in [4.69, 9.17) is 4.74 Å². The van der Waals surface area contributed by atoms with Crippen LogP contribution in [0.4, 0.5) is 0 Å². The van der Waals surface area contributed by atoms with E-state index in [0.29, 0.717) is 11.3 Å². The van der Waals surface area contributed by atoms with Gasteiger partial charge < -0.3 is 9.64 Å². The van der Waals surface area contributed by atoms with E-state index in [1.807, 2.05) is 6.07 Å². The minimum Gasteiger partial charge on any atom is -0.497 e. The Kier molecular flexibility index (Phi) is 4.78. The maximum Gasteiger partial charge on any atom is 0.233 e. The molecule has 1 aromatic rings. The lowest BCUT2D eigenvalue weighted by molar-refractivity contribution is -0.111. The summed E-state index contributed by atoms with van der Waals surface area (Å²) in [5.41, 5.74) is 2.09. The molecule has 0 atom stereocenters. The van der Waals surface area contributed by atoms with E-state index in [-0.39, 0.29) is 0 Å². The van der Waals surface area contributed by atoms with Gasteiger partial charge in [-0.25, -0.2) is 0 Å². The van der Waals surface area contributed by atoms with Gasteiger partial charge in [-0.2, -0.15) is 0 Å². The molecule has 1 aliphatic rings. The average Bonchev–Trinajstić information content (AvgIpc) is 2.50. The van der Waals surface area contributed by atoms with Crippen molar-refractivity contribution >= 4 is 17.3 Å². The topological polar surface area (TPSA) is 46.6 Å². The number of ketones is 2.